The van der Waals surface area contributed by atoms with Crippen molar-refractivity contribution in [3.8, 4) is 5.75 Å². The summed E-state index contributed by atoms with van der Waals surface area (Å²) < 4.78 is 5.28. The van der Waals surface area contributed by atoms with Crippen LogP contribution in [0.1, 0.15) is 43.9 Å². The van der Waals surface area contributed by atoms with Crippen LogP contribution in [0.5, 0.6) is 5.75 Å². The van der Waals surface area contributed by atoms with Gasteiger partial charge in [0.2, 0.25) is 5.91 Å². The number of primary amides is 1. The van der Waals surface area contributed by atoms with Gasteiger partial charge in [-0.05, 0) is 31.0 Å². The third-order valence-corrected chi connectivity index (χ3v) is 2.99. The molecule has 0 spiro atoms. The summed E-state index contributed by atoms with van der Waals surface area (Å²) in [7, 11) is 0. The third kappa shape index (κ3) is 3.81. The first-order valence-corrected chi connectivity index (χ1v) is 6.22. The van der Waals surface area contributed by atoms with Gasteiger partial charge >= 0.3 is 5.97 Å². The van der Waals surface area contributed by atoms with E-state index in [0.29, 0.717) is 5.75 Å². The van der Waals surface area contributed by atoms with Crippen LogP contribution >= 0.6 is 0 Å². The number of aryl methyl sites for hydroxylation is 2. The summed E-state index contributed by atoms with van der Waals surface area (Å²) in [4.78, 5) is 22.4. The number of amides is 1. The van der Waals surface area contributed by atoms with Crippen molar-refractivity contribution >= 4 is 11.9 Å². The van der Waals surface area contributed by atoms with Gasteiger partial charge in [-0.15, -0.1) is 0 Å². The second-order valence-electron chi connectivity index (χ2n) is 5.58. The standard InChI is InChI=1S/C15H21NO3/c1-9-6-10(2)14(12(7-9)19-11(3)17)15(4,5)8-13(16)18/h6-7H,8H2,1-5H3,(H2,16,18). The first-order chi connectivity index (χ1) is 8.63. The molecule has 4 heteroatoms. The monoisotopic (exact) mass is 263 g/mol. The van der Waals surface area contributed by atoms with Gasteiger partial charge in [0.15, 0.2) is 0 Å². The SMILES string of the molecule is CC(=O)Oc1cc(C)cc(C)c1C(C)(C)CC(N)=O. The molecule has 0 atom stereocenters. The lowest BCUT2D eigenvalue weighted by molar-refractivity contribution is -0.131. The zero-order valence-electron chi connectivity index (χ0n) is 12.2. The zero-order chi connectivity index (χ0) is 14.8. The number of nitrogens with two attached hydrogens (primary N) is 1. The minimum Gasteiger partial charge on any atom is -0.426 e. The van der Waals surface area contributed by atoms with Crippen LogP contribution in [0, 0.1) is 13.8 Å². The summed E-state index contributed by atoms with van der Waals surface area (Å²) in [5.41, 5.74) is 7.67. The summed E-state index contributed by atoms with van der Waals surface area (Å²) in [5.74, 6) is -0.240. The van der Waals surface area contributed by atoms with Crippen LogP contribution in [-0.4, -0.2) is 11.9 Å². The van der Waals surface area contributed by atoms with E-state index in [4.69, 9.17) is 10.5 Å². The Morgan fingerprint density at radius 2 is 1.84 bits per heavy atom. The number of hydrogen-bond donors (Lipinski definition) is 1. The topological polar surface area (TPSA) is 69.4 Å². The Hall–Kier alpha value is -1.84. The Labute approximate surface area is 113 Å². The maximum absolute atomic E-state index is 11.2. The number of benzene rings is 1. The van der Waals surface area contributed by atoms with E-state index < -0.39 is 5.41 Å². The molecule has 104 valence electrons. The van der Waals surface area contributed by atoms with E-state index in [0.717, 1.165) is 16.7 Å². The van der Waals surface area contributed by atoms with E-state index in [-0.39, 0.29) is 18.3 Å². The maximum Gasteiger partial charge on any atom is 0.308 e. The molecule has 0 aliphatic rings. The predicted octanol–water partition coefficient (Wildman–Crippen LogP) is 2.38. The molecular weight excluding hydrogens is 242 g/mol. The fraction of sp³-hybridized carbons (Fsp3) is 0.467. The summed E-state index contributed by atoms with van der Waals surface area (Å²) in [5, 5.41) is 0. The number of carbonyl (C=O) groups excluding carboxylic acids is 2. The molecule has 0 radical (unpaired) electrons. The minimum atomic E-state index is -0.478. The van der Waals surface area contributed by atoms with Crippen LogP contribution in [0.15, 0.2) is 12.1 Å². The molecule has 1 aromatic rings. The molecule has 0 saturated heterocycles. The van der Waals surface area contributed by atoms with Crippen molar-refractivity contribution in [1.29, 1.82) is 0 Å². The van der Waals surface area contributed by atoms with E-state index in [2.05, 4.69) is 0 Å². The summed E-state index contributed by atoms with van der Waals surface area (Å²) in [6, 6.07) is 3.82. The van der Waals surface area contributed by atoms with Crippen molar-refractivity contribution in [2.24, 2.45) is 5.73 Å². The van der Waals surface area contributed by atoms with Gasteiger partial charge in [0, 0.05) is 24.3 Å². The second-order valence-corrected chi connectivity index (χ2v) is 5.58. The number of hydrogen-bond acceptors (Lipinski definition) is 3. The molecule has 0 fully saturated rings. The van der Waals surface area contributed by atoms with Gasteiger partial charge in [-0.3, -0.25) is 9.59 Å². The van der Waals surface area contributed by atoms with Crippen LogP contribution in [0.3, 0.4) is 0 Å². The molecule has 0 aliphatic carbocycles. The number of rotatable bonds is 4. The maximum atomic E-state index is 11.2. The number of ether oxygens (including phenoxy) is 1. The lowest BCUT2D eigenvalue weighted by Gasteiger charge is -2.28. The van der Waals surface area contributed by atoms with Gasteiger partial charge < -0.3 is 10.5 Å². The Bertz CT molecular complexity index is 518. The summed E-state index contributed by atoms with van der Waals surface area (Å²) in [6.07, 6.45) is 0.200. The predicted molar refractivity (Wildman–Crippen MR) is 74.1 cm³/mol. The first kappa shape index (κ1) is 15.2. The molecule has 0 unspecified atom stereocenters. The second kappa shape index (κ2) is 5.43. The van der Waals surface area contributed by atoms with Gasteiger partial charge in [-0.1, -0.05) is 19.9 Å². The Balaban J connectivity index is 3.39. The molecule has 0 bridgehead atoms. The van der Waals surface area contributed by atoms with Gasteiger partial charge in [0.1, 0.15) is 5.75 Å². The average molecular weight is 263 g/mol. The van der Waals surface area contributed by atoms with Gasteiger partial charge in [-0.2, -0.15) is 0 Å². The van der Waals surface area contributed by atoms with Crippen molar-refractivity contribution in [2.75, 3.05) is 0 Å². The highest BCUT2D eigenvalue weighted by molar-refractivity contribution is 5.76. The average Bonchev–Trinajstić information content (AvgIpc) is 2.10. The molecule has 0 aliphatic heterocycles. The van der Waals surface area contributed by atoms with Gasteiger partial charge in [-0.25, -0.2) is 0 Å². The Kier molecular flexibility index (Phi) is 4.35. The van der Waals surface area contributed by atoms with E-state index in [1.807, 2.05) is 39.8 Å². The summed E-state index contributed by atoms with van der Waals surface area (Å²) >= 11 is 0. The van der Waals surface area contributed by atoms with E-state index in [9.17, 15) is 9.59 Å². The van der Waals surface area contributed by atoms with Crippen LogP contribution in [0.4, 0.5) is 0 Å². The van der Waals surface area contributed by atoms with Crippen molar-refractivity contribution in [3.63, 3.8) is 0 Å². The van der Waals surface area contributed by atoms with Crippen LogP contribution in [-0.2, 0) is 15.0 Å². The van der Waals surface area contributed by atoms with Crippen molar-refractivity contribution in [3.05, 3.63) is 28.8 Å². The minimum absolute atomic E-state index is 0.200. The summed E-state index contributed by atoms with van der Waals surface area (Å²) in [6.45, 7) is 9.08. The van der Waals surface area contributed by atoms with Gasteiger partial charge in [0.25, 0.3) is 0 Å². The Morgan fingerprint density at radius 1 is 1.26 bits per heavy atom. The normalized spacial score (nSPS) is 11.2. The quantitative estimate of drug-likeness (QED) is 0.669. The molecule has 1 rings (SSSR count). The third-order valence-electron chi connectivity index (χ3n) is 2.99. The molecule has 19 heavy (non-hydrogen) atoms. The van der Waals surface area contributed by atoms with E-state index >= 15 is 0 Å². The lowest BCUT2D eigenvalue weighted by atomic mass is 9.78. The molecule has 4 nitrogen and oxygen atoms in total. The van der Waals surface area contributed by atoms with Crippen LogP contribution in [0.25, 0.3) is 0 Å². The fourth-order valence-electron chi connectivity index (χ4n) is 2.56. The molecule has 0 aromatic heterocycles. The molecule has 1 aromatic carbocycles. The van der Waals surface area contributed by atoms with Gasteiger partial charge in [0.05, 0.1) is 0 Å². The number of esters is 1. The Morgan fingerprint density at radius 3 is 2.32 bits per heavy atom. The fourth-order valence-corrected chi connectivity index (χ4v) is 2.56. The van der Waals surface area contributed by atoms with Crippen LogP contribution < -0.4 is 10.5 Å². The molecular formula is C15H21NO3. The largest absolute Gasteiger partial charge is 0.426 e. The lowest BCUT2D eigenvalue weighted by Crippen LogP contribution is -2.28. The highest BCUT2D eigenvalue weighted by atomic mass is 16.5. The molecule has 0 heterocycles. The van der Waals surface area contributed by atoms with Crippen molar-refractivity contribution in [1.82, 2.24) is 0 Å². The molecule has 0 saturated carbocycles. The highest BCUT2D eigenvalue weighted by Crippen LogP contribution is 2.37. The van der Waals surface area contributed by atoms with Crippen molar-refractivity contribution < 1.29 is 14.3 Å². The zero-order valence-corrected chi connectivity index (χ0v) is 12.2. The first-order valence-electron chi connectivity index (χ1n) is 6.22. The number of carbonyl (C=O) groups is 2. The van der Waals surface area contributed by atoms with E-state index in [1.165, 1.54) is 6.92 Å². The van der Waals surface area contributed by atoms with Crippen LogP contribution in [0.2, 0.25) is 0 Å². The highest BCUT2D eigenvalue weighted by Gasteiger charge is 2.29. The van der Waals surface area contributed by atoms with E-state index in [1.54, 1.807) is 0 Å². The smallest absolute Gasteiger partial charge is 0.308 e. The molecule has 1 amide bonds. The molecule has 2 N–H and O–H groups in total. The van der Waals surface area contributed by atoms with Crippen molar-refractivity contribution in [2.45, 2.75) is 46.5 Å².